The molecular weight excluding hydrogens is 270 g/mol. The number of nitrogens with one attached hydrogen (secondary N) is 1. The SMILES string of the molecule is CC1(C)CCC(CNC(C)(C)C)C(CCS(C)(=O)=O)C1. The van der Waals surface area contributed by atoms with Gasteiger partial charge in [0.05, 0.1) is 5.75 Å². The molecule has 1 aliphatic carbocycles. The van der Waals surface area contributed by atoms with Crippen LogP contribution in [0.1, 0.15) is 60.3 Å². The monoisotopic (exact) mass is 303 g/mol. The van der Waals surface area contributed by atoms with E-state index in [2.05, 4.69) is 39.9 Å². The van der Waals surface area contributed by atoms with E-state index in [1.807, 2.05) is 0 Å². The molecule has 1 fully saturated rings. The third-order valence-corrected chi connectivity index (χ3v) is 5.40. The van der Waals surface area contributed by atoms with Crippen LogP contribution in [-0.2, 0) is 9.84 Å². The molecule has 0 aromatic rings. The van der Waals surface area contributed by atoms with E-state index < -0.39 is 9.84 Å². The first-order valence-corrected chi connectivity index (χ1v) is 9.87. The summed E-state index contributed by atoms with van der Waals surface area (Å²) < 4.78 is 22.9. The number of sulfone groups is 1. The van der Waals surface area contributed by atoms with Gasteiger partial charge in [-0.1, -0.05) is 13.8 Å². The van der Waals surface area contributed by atoms with Gasteiger partial charge in [-0.2, -0.15) is 0 Å². The molecule has 1 rings (SSSR count). The topological polar surface area (TPSA) is 46.2 Å². The van der Waals surface area contributed by atoms with Crippen molar-refractivity contribution in [1.82, 2.24) is 5.32 Å². The Morgan fingerprint density at radius 1 is 1.20 bits per heavy atom. The van der Waals surface area contributed by atoms with Crippen LogP contribution in [0.25, 0.3) is 0 Å². The molecular formula is C16H33NO2S. The van der Waals surface area contributed by atoms with E-state index in [9.17, 15) is 8.42 Å². The van der Waals surface area contributed by atoms with Crippen LogP contribution >= 0.6 is 0 Å². The lowest BCUT2D eigenvalue weighted by molar-refractivity contribution is 0.109. The van der Waals surface area contributed by atoms with Crippen molar-refractivity contribution in [3.05, 3.63) is 0 Å². The summed E-state index contributed by atoms with van der Waals surface area (Å²) in [6.07, 6.45) is 5.78. The molecule has 2 atom stereocenters. The van der Waals surface area contributed by atoms with Crippen molar-refractivity contribution in [1.29, 1.82) is 0 Å². The first-order valence-electron chi connectivity index (χ1n) is 7.81. The van der Waals surface area contributed by atoms with Crippen molar-refractivity contribution in [2.24, 2.45) is 17.3 Å². The average Bonchev–Trinajstić information content (AvgIpc) is 2.21. The molecule has 1 saturated carbocycles. The van der Waals surface area contributed by atoms with Gasteiger partial charge < -0.3 is 5.32 Å². The van der Waals surface area contributed by atoms with Crippen molar-refractivity contribution in [3.63, 3.8) is 0 Å². The summed E-state index contributed by atoms with van der Waals surface area (Å²) >= 11 is 0. The summed E-state index contributed by atoms with van der Waals surface area (Å²) in [5, 5.41) is 3.60. The van der Waals surface area contributed by atoms with Gasteiger partial charge in [0.1, 0.15) is 9.84 Å². The molecule has 1 N–H and O–H groups in total. The van der Waals surface area contributed by atoms with E-state index in [0.717, 1.165) is 19.4 Å². The summed E-state index contributed by atoms with van der Waals surface area (Å²) in [4.78, 5) is 0. The molecule has 120 valence electrons. The molecule has 4 heteroatoms. The Morgan fingerprint density at radius 2 is 1.80 bits per heavy atom. The van der Waals surface area contributed by atoms with Gasteiger partial charge in [-0.3, -0.25) is 0 Å². The van der Waals surface area contributed by atoms with E-state index in [4.69, 9.17) is 0 Å². The Bertz CT molecular complexity index is 407. The Labute approximate surface area is 125 Å². The zero-order valence-electron chi connectivity index (χ0n) is 14.1. The highest BCUT2D eigenvalue weighted by Crippen LogP contribution is 2.43. The molecule has 0 spiro atoms. The highest BCUT2D eigenvalue weighted by atomic mass is 32.2. The summed E-state index contributed by atoms with van der Waals surface area (Å²) in [5.41, 5.74) is 0.495. The highest BCUT2D eigenvalue weighted by Gasteiger charge is 2.35. The molecule has 0 heterocycles. The quantitative estimate of drug-likeness (QED) is 0.848. The lowest BCUT2D eigenvalue weighted by atomic mass is 9.66. The Morgan fingerprint density at radius 3 is 2.30 bits per heavy atom. The second-order valence-electron chi connectivity index (χ2n) is 8.48. The van der Waals surface area contributed by atoms with E-state index in [-0.39, 0.29) is 5.54 Å². The number of hydrogen-bond acceptors (Lipinski definition) is 3. The zero-order chi connectivity index (χ0) is 15.6. The average molecular weight is 304 g/mol. The molecule has 0 amide bonds. The van der Waals surface area contributed by atoms with Crippen LogP contribution in [0.5, 0.6) is 0 Å². The fourth-order valence-corrected chi connectivity index (χ4v) is 3.93. The molecule has 1 aliphatic rings. The van der Waals surface area contributed by atoms with E-state index in [1.54, 1.807) is 0 Å². The summed E-state index contributed by atoms with van der Waals surface area (Å²) in [5.74, 6) is 1.48. The fraction of sp³-hybridized carbons (Fsp3) is 1.00. The van der Waals surface area contributed by atoms with Crippen molar-refractivity contribution in [2.75, 3.05) is 18.6 Å². The number of rotatable bonds is 5. The number of hydrogen-bond donors (Lipinski definition) is 1. The van der Waals surface area contributed by atoms with Crippen LogP contribution in [0.4, 0.5) is 0 Å². The summed E-state index contributed by atoms with van der Waals surface area (Å²) in [6, 6.07) is 0. The van der Waals surface area contributed by atoms with Crippen LogP contribution < -0.4 is 5.32 Å². The first-order chi connectivity index (χ1) is 8.88. The van der Waals surface area contributed by atoms with Gasteiger partial charge in [0, 0.05) is 11.8 Å². The predicted octanol–water partition coefficient (Wildman–Crippen LogP) is 3.25. The first kappa shape index (κ1) is 18.0. The van der Waals surface area contributed by atoms with Gasteiger partial charge in [-0.05, 0) is 70.3 Å². The van der Waals surface area contributed by atoms with Crippen molar-refractivity contribution in [3.8, 4) is 0 Å². The van der Waals surface area contributed by atoms with E-state index in [1.165, 1.54) is 19.1 Å². The lowest BCUT2D eigenvalue weighted by Gasteiger charge is -2.42. The fourth-order valence-electron chi connectivity index (χ4n) is 3.20. The van der Waals surface area contributed by atoms with Crippen LogP contribution in [-0.4, -0.2) is 32.5 Å². The van der Waals surface area contributed by atoms with Crippen LogP contribution in [0, 0.1) is 17.3 Å². The van der Waals surface area contributed by atoms with Gasteiger partial charge in [0.15, 0.2) is 0 Å². The zero-order valence-corrected chi connectivity index (χ0v) is 14.9. The molecule has 3 nitrogen and oxygen atoms in total. The molecule has 20 heavy (non-hydrogen) atoms. The summed E-state index contributed by atoms with van der Waals surface area (Å²) in [7, 11) is -2.85. The van der Waals surface area contributed by atoms with E-state index in [0.29, 0.717) is 23.0 Å². The molecule has 0 aromatic heterocycles. The largest absolute Gasteiger partial charge is 0.312 e. The Hall–Kier alpha value is -0.0900. The Kier molecular flexibility index (Phi) is 5.70. The van der Waals surface area contributed by atoms with Gasteiger partial charge >= 0.3 is 0 Å². The lowest BCUT2D eigenvalue weighted by Crippen LogP contribution is -2.43. The summed E-state index contributed by atoms with van der Waals surface area (Å²) in [6.45, 7) is 12.2. The van der Waals surface area contributed by atoms with Crippen molar-refractivity contribution < 1.29 is 8.42 Å². The second kappa shape index (κ2) is 6.35. The van der Waals surface area contributed by atoms with Crippen molar-refractivity contribution >= 4 is 9.84 Å². The second-order valence-corrected chi connectivity index (χ2v) is 10.7. The minimum atomic E-state index is -2.85. The third-order valence-electron chi connectivity index (χ3n) is 4.43. The van der Waals surface area contributed by atoms with Crippen LogP contribution in [0.15, 0.2) is 0 Å². The maximum atomic E-state index is 11.4. The van der Waals surface area contributed by atoms with Gasteiger partial charge in [-0.15, -0.1) is 0 Å². The predicted molar refractivity (Wildman–Crippen MR) is 86.7 cm³/mol. The van der Waals surface area contributed by atoms with Crippen LogP contribution in [0.2, 0.25) is 0 Å². The third kappa shape index (κ3) is 7.07. The Balaban J connectivity index is 2.64. The van der Waals surface area contributed by atoms with Gasteiger partial charge in [0.2, 0.25) is 0 Å². The van der Waals surface area contributed by atoms with Crippen molar-refractivity contribution in [2.45, 2.75) is 65.8 Å². The highest BCUT2D eigenvalue weighted by molar-refractivity contribution is 7.90. The molecule has 0 bridgehead atoms. The maximum absolute atomic E-state index is 11.4. The molecule has 0 saturated heterocycles. The molecule has 0 aromatic carbocycles. The smallest absolute Gasteiger partial charge is 0.147 e. The van der Waals surface area contributed by atoms with Gasteiger partial charge in [-0.25, -0.2) is 8.42 Å². The van der Waals surface area contributed by atoms with Crippen LogP contribution in [0.3, 0.4) is 0 Å². The van der Waals surface area contributed by atoms with E-state index >= 15 is 0 Å². The minimum Gasteiger partial charge on any atom is -0.312 e. The normalized spacial score (nSPS) is 27.5. The standard InChI is InChI=1S/C16H33NO2S/c1-15(2,3)17-12-14-7-9-16(4,5)11-13(14)8-10-20(6,18)19/h13-14,17H,7-12H2,1-6H3. The maximum Gasteiger partial charge on any atom is 0.147 e. The molecule has 0 aliphatic heterocycles. The molecule has 0 radical (unpaired) electrons. The minimum absolute atomic E-state index is 0.133. The van der Waals surface area contributed by atoms with Gasteiger partial charge in [0.25, 0.3) is 0 Å². The molecule has 2 unspecified atom stereocenters.